The number of carbonyl (C=O) groups is 2. The van der Waals surface area contributed by atoms with Gasteiger partial charge in [0.1, 0.15) is 6.61 Å². The maximum absolute atomic E-state index is 11.9. The topological polar surface area (TPSA) is 65.1 Å². The van der Waals surface area contributed by atoms with Crippen LogP contribution >= 0.6 is 0 Å². The van der Waals surface area contributed by atoms with Crippen LogP contribution in [0, 0.1) is 5.92 Å². The highest BCUT2D eigenvalue weighted by atomic mass is 16.7. The molecule has 6 nitrogen and oxygen atoms in total. The number of ether oxygens (including phenoxy) is 3. The van der Waals surface area contributed by atoms with Crippen molar-refractivity contribution in [1.29, 1.82) is 0 Å². The summed E-state index contributed by atoms with van der Waals surface area (Å²) in [5, 5.41) is 0. The summed E-state index contributed by atoms with van der Waals surface area (Å²) in [5.41, 5.74) is 0. The molecule has 1 fully saturated rings. The quantitative estimate of drug-likeness (QED) is 0.0904. The zero-order chi connectivity index (χ0) is 26.3. The Morgan fingerprint density at radius 1 is 0.889 bits per heavy atom. The van der Waals surface area contributed by atoms with Crippen LogP contribution in [-0.4, -0.2) is 56.5 Å². The molecule has 2 unspecified atom stereocenters. The second-order valence-corrected chi connectivity index (χ2v) is 10.2. The van der Waals surface area contributed by atoms with Crippen LogP contribution in [-0.2, 0) is 19.0 Å². The number of rotatable bonds is 21. The fourth-order valence-electron chi connectivity index (χ4n) is 4.31. The third kappa shape index (κ3) is 18.4. The first kappa shape index (κ1) is 32.2. The Morgan fingerprint density at radius 2 is 1.56 bits per heavy atom. The lowest BCUT2D eigenvalue weighted by molar-refractivity contribution is -0.145. The minimum Gasteiger partial charge on any atom is -0.465 e. The summed E-state index contributed by atoms with van der Waals surface area (Å²) in [5.74, 6) is -0.220. The van der Waals surface area contributed by atoms with Gasteiger partial charge in [-0.05, 0) is 71.4 Å². The van der Waals surface area contributed by atoms with Crippen LogP contribution in [0.25, 0.3) is 0 Å². The number of allylic oxidation sites excluding steroid dienone is 4. The van der Waals surface area contributed by atoms with E-state index in [2.05, 4.69) is 43.2 Å². The lowest BCUT2D eigenvalue weighted by Gasteiger charge is -2.19. The molecule has 1 rings (SSSR count). The molecule has 208 valence electrons. The van der Waals surface area contributed by atoms with Crippen LogP contribution < -0.4 is 0 Å². The van der Waals surface area contributed by atoms with Crippen molar-refractivity contribution in [2.45, 2.75) is 116 Å². The van der Waals surface area contributed by atoms with Gasteiger partial charge in [-0.25, -0.2) is 4.79 Å². The molecule has 2 atom stereocenters. The van der Waals surface area contributed by atoms with Crippen molar-refractivity contribution < 1.29 is 23.8 Å². The molecular formula is C30H53NO5. The lowest BCUT2D eigenvalue weighted by Crippen LogP contribution is -2.26. The van der Waals surface area contributed by atoms with E-state index in [1.807, 2.05) is 6.92 Å². The number of unbranched alkanes of at least 4 members (excludes halogenated alkanes) is 8. The van der Waals surface area contributed by atoms with Gasteiger partial charge in [0.25, 0.3) is 0 Å². The molecule has 0 spiro atoms. The van der Waals surface area contributed by atoms with Crippen molar-refractivity contribution in [2.24, 2.45) is 5.92 Å². The van der Waals surface area contributed by atoms with Gasteiger partial charge in [-0.15, -0.1) is 0 Å². The zero-order valence-corrected chi connectivity index (χ0v) is 23.4. The molecule has 0 aliphatic carbocycles. The fraction of sp³-hybridized carbons (Fsp3) is 0.800. The fourth-order valence-corrected chi connectivity index (χ4v) is 4.31. The molecule has 0 saturated carbocycles. The largest absolute Gasteiger partial charge is 0.508 e. The van der Waals surface area contributed by atoms with Crippen molar-refractivity contribution in [2.75, 3.05) is 33.4 Å². The summed E-state index contributed by atoms with van der Waals surface area (Å²) in [6.45, 7) is 6.08. The number of hydrogen-bond donors (Lipinski definition) is 0. The molecule has 0 radical (unpaired) electrons. The highest BCUT2D eigenvalue weighted by molar-refractivity contribution is 5.69. The second kappa shape index (κ2) is 22.4. The highest BCUT2D eigenvalue weighted by Crippen LogP contribution is 2.17. The summed E-state index contributed by atoms with van der Waals surface area (Å²) in [7, 11) is 2.11. The Labute approximate surface area is 220 Å². The molecule has 1 aliphatic rings. The third-order valence-corrected chi connectivity index (χ3v) is 6.69. The van der Waals surface area contributed by atoms with Gasteiger partial charge in [-0.1, -0.05) is 70.3 Å². The van der Waals surface area contributed by atoms with Gasteiger partial charge in [-0.3, -0.25) is 4.79 Å². The first-order chi connectivity index (χ1) is 17.5. The summed E-state index contributed by atoms with van der Waals surface area (Å²) in [6, 6.07) is 0.496. The van der Waals surface area contributed by atoms with Gasteiger partial charge >= 0.3 is 12.1 Å². The molecule has 0 bridgehead atoms. The van der Waals surface area contributed by atoms with Crippen molar-refractivity contribution >= 4 is 12.1 Å². The van der Waals surface area contributed by atoms with Gasteiger partial charge < -0.3 is 19.1 Å². The Balaban J connectivity index is 1.88. The lowest BCUT2D eigenvalue weighted by atomic mass is 10.1. The van der Waals surface area contributed by atoms with E-state index in [1.54, 1.807) is 0 Å². The average Bonchev–Trinajstić information content (AvgIpc) is 3.28. The van der Waals surface area contributed by atoms with Gasteiger partial charge in [0, 0.05) is 18.4 Å². The zero-order valence-electron chi connectivity index (χ0n) is 23.4. The number of nitrogens with zero attached hydrogens (tertiary/aromatic N) is 1. The minimum absolute atomic E-state index is 0.0490. The Kier molecular flexibility index (Phi) is 20.0. The van der Waals surface area contributed by atoms with E-state index >= 15 is 0 Å². The molecular weight excluding hydrogens is 454 g/mol. The molecule has 0 aromatic rings. The third-order valence-electron chi connectivity index (χ3n) is 6.69. The van der Waals surface area contributed by atoms with Gasteiger partial charge in [-0.2, -0.15) is 0 Å². The Bertz CT molecular complexity index is 618. The van der Waals surface area contributed by atoms with Gasteiger partial charge in [0.15, 0.2) is 0 Å². The van der Waals surface area contributed by atoms with Crippen LogP contribution in [0.4, 0.5) is 4.79 Å². The van der Waals surface area contributed by atoms with Crippen LogP contribution in [0.2, 0.25) is 0 Å². The van der Waals surface area contributed by atoms with Crippen LogP contribution in [0.5, 0.6) is 0 Å². The van der Waals surface area contributed by atoms with E-state index in [0.29, 0.717) is 19.1 Å². The number of hydrogen-bond acceptors (Lipinski definition) is 6. The number of esters is 1. The highest BCUT2D eigenvalue weighted by Gasteiger charge is 2.21. The molecule has 1 aliphatic heterocycles. The predicted octanol–water partition coefficient (Wildman–Crippen LogP) is 7.62. The maximum atomic E-state index is 11.9. The van der Waals surface area contributed by atoms with E-state index in [-0.39, 0.29) is 25.1 Å². The smallest absolute Gasteiger partial charge is 0.465 e. The average molecular weight is 508 g/mol. The van der Waals surface area contributed by atoms with E-state index in [4.69, 9.17) is 14.2 Å². The molecule has 36 heavy (non-hydrogen) atoms. The van der Waals surface area contributed by atoms with Gasteiger partial charge in [0.2, 0.25) is 0 Å². The SMILES string of the molecule is CCCCC/C=C\C/C=C\CCCCCCCC(=O)OCC(C)COC(=O)OCCC1CCCN1C. The summed E-state index contributed by atoms with van der Waals surface area (Å²) >= 11 is 0. The van der Waals surface area contributed by atoms with E-state index in [9.17, 15) is 9.59 Å². The van der Waals surface area contributed by atoms with E-state index in [0.717, 1.165) is 51.5 Å². The summed E-state index contributed by atoms with van der Waals surface area (Å²) in [6.07, 6.45) is 24.9. The second-order valence-electron chi connectivity index (χ2n) is 10.2. The molecule has 0 aromatic carbocycles. The number of carbonyl (C=O) groups excluding carboxylic acids is 2. The van der Waals surface area contributed by atoms with Crippen LogP contribution in [0.1, 0.15) is 110 Å². The van der Waals surface area contributed by atoms with E-state index in [1.165, 1.54) is 44.9 Å². The van der Waals surface area contributed by atoms with Crippen LogP contribution in [0.3, 0.4) is 0 Å². The summed E-state index contributed by atoms with van der Waals surface area (Å²) < 4.78 is 15.6. The monoisotopic (exact) mass is 507 g/mol. The Morgan fingerprint density at radius 3 is 2.25 bits per heavy atom. The molecule has 0 N–H and O–H groups in total. The molecule has 6 heteroatoms. The maximum Gasteiger partial charge on any atom is 0.508 e. The van der Waals surface area contributed by atoms with E-state index < -0.39 is 6.16 Å². The molecule has 1 heterocycles. The number of likely N-dealkylation sites (tertiary alicyclic amines) is 1. The van der Waals surface area contributed by atoms with Crippen LogP contribution in [0.15, 0.2) is 24.3 Å². The predicted molar refractivity (Wildman–Crippen MR) is 147 cm³/mol. The van der Waals surface area contributed by atoms with Crippen molar-refractivity contribution in [3.05, 3.63) is 24.3 Å². The Hall–Kier alpha value is -1.82. The molecule has 0 aromatic heterocycles. The first-order valence-corrected chi connectivity index (χ1v) is 14.5. The normalized spacial score (nSPS) is 17.1. The van der Waals surface area contributed by atoms with Crippen molar-refractivity contribution in [3.63, 3.8) is 0 Å². The standard InChI is InChI=1S/C30H53NO5/c1-4-5-6-7-8-9-10-11-12-13-14-15-16-17-18-21-29(32)35-25-27(2)26-36-30(33)34-24-22-28-20-19-23-31(28)3/h8-9,11-12,27-28H,4-7,10,13-26H2,1-3H3/b9-8-,12-11-. The molecule has 1 saturated heterocycles. The molecule has 0 amide bonds. The first-order valence-electron chi connectivity index (χ1n) is 14.5. The summed E-state index contributed by atoms with van der Waals surface area (Å²) in [4.78, 5) is 26.0. The van der Waals surface area contributed by atoms with Gasteiger partial charge in [0.05, 0.1) is 13.2 Å². The van der Waals surface area contributed by atoms with Crippen molar-refractivity contribution in [1.82, 2.24) is 4.90 Å². The minimum atomic E-state index is -0.640. The van der Waals surface area contributed by atoms with Crippen molar-refractivity contribution in [3.8, 4) is 0 Å².